The smallest absolute Gasteiger partial charge is 0.0998 e. The van der Waals surface area contributed by atoms with Gasteiger partial charge in [-0.05, 0) is 51.2 Å². The Labute approximate surface area is 108 Å². The molecule has 17 heavy (non-hydrogen) atoms. The van der Waals surface area contributed by atoms with Crippen LogP contribution < -0.4 is 0 Å². The van der Waals surface area contributed by atoms with Crippen LogP contribution in [-0.4, -0.2) is 10.2 Å². The summed E-state index contributed by atoms with van der Waals surface area (Å²) in [6.07, 6.45) is 3.04. The van der Waals surface area contributed by atoms with Crippen molar-refractivity contribution in [1.82, 2.24) is 10.2 Å². The average molecular weight is 248 g/mol. The Morgan fingerprint density at radius 2 is 2.06 bits per heavy atom. The second-order valence-corrected chi connectivity index (χ2v) is 5.03. The third-order valence-electron chi connectivity index (χ3n) is 2.47. The van der Waals surface area contributed by atoms with Crippen LogP contribution in [0.15, 0.2) is 23.1 Å². The Hall–Kier alpha value is -1.09. The van der Waals surface area contributed by atoms with Crippen molar-refractivity contribution in [1.29, 1.82) is 0 Å². The number of hydrogen-bond acceptors (Lipinski definition) is 3. The van der Waals surface area contributed by atoms with Crippen LogP contribution >= 0.6 is 11.8 Å². The van der Waals surface area contributed by atoms with Crippen molar-refractivity contribution in [3.8, 4) is 0 Å². The molecule has 0 radical (unpaired) electrons. The summed E-state index contributed by atoms with van der Waals surface area (Å²) >= 11 is 1.70. The third-order valence-corrected chi connectivity index (χ3v) is 3.73. The van der Waals surface area contributed by atoms with Crippen LogP contribution in [0.5, 0.6) is 0 Å². The van der Waals surface area contributed by atoms with Gasteiger partial charge in [-0.15, -0.1) is 5.10 Å². The zero-order valence-electron chi connectivity index (χ0n) is 11.2. The molecular weight excluding hydrogens is 228 g/mol. The maximum absolute atomic E-state index is 4.30. The lowest BCUT2D eigenvalue weighted by Gasteiger charge is -2.08. The molecule has 0 bridgehead atoms. The van der Waals surface area contributed by atoms with Gasteiger partial charge in [-0.1, -0.05) is 30.3 Å². The van der Waals surface area contributed by atoms with E-state index in [4.69, 9.17) is 0 Å². The first kappa shape index (κ1) is 14.0. The van der Waals surface area contributed by atoms with Gasteiger partial charge < -0.3 is 0 Å². The molecule has 0 N–H and O–H groups in total. The monoisotopic (exact) mass is 248 g/mol. The predicted molar refractivity (Wildman–Crippen MR) is 76.8 cm³/mol. The second kappa shape index (κ2) is 6.60. The third kappa shape index (κ3) is 3.70. The van der Waals surface area contributed by atoms with Crippen molar-refractivity contribution >= 4 is 16.7 Å². The maximum Gasteiger partial charge on any atom is 0.0998 e. The van der Waals surface area contributed by atoms with Gasteiger partial charge in [-0.3, -0.25) is 0 Å². The Morgan fingerprint density at radius 3 is 2.59 bits per heavy atom. The SMILES string of the molecule is C/C=C\SC(=C(C)C)c1cc(CC)c(C)nn1. The van der Waals surface area contributed by atoms with Gasteiger partial charge in [0.1, 0.15) is 0 Å². The molecule has 1 aromatic rings. The molecular formula is C14H20N2S. The fourth-order valence-corrected chi connectivity index (χ4v) is 2.26. The van der Waals surface area contributed by atoms with Gasteiger partial charge in [-0.2, -0.15) is 5.10 Å². The fourth-order valence-electron chi connectivity index (χ4n) is 1.53. The minimum Gasteiger partial charge on any atom is -0.155 e. The van der Waals surface area contributed by atoms with Crippen LogP contribution in [-0.2, 0) is 6.42 Å². The number of aryl methyl sites for hydroxylation is 2. The lowest BCUT2D eigenvalue weighted by molar-refractivity contribution is 0.921. The molecule has 1 aromatic heterocycles. The number of aromatic nitrogens is 2. The molecule has 1 rings (SSSR count). The van der Waals surface area contributed by atoms with Crippen LogP contribution in [0.3, 0.4) is 0 Å². The summed E-state index contributed by atoms with van der Waals surface area (Å²) in [7, 11) is 0. The topological polar surface area (TPSA) is 25.8 Å². The second-order valence-electron chi connectivity index (χ2n) is 4.11. The average Bonchev–Trinajstić information content (AvgIpc) is 2.31. The Balaban J connectivity index is 3.16. The molecule has 1 heterocycles. The van der Waals surface area contributed by atoms with Crippen molar-refractivity contribution in [2.24, 2.45) is 0 Å². The molecule has 3 heteroatoms. The van der Waals surface area contributed by atoms with Crippen LogP contribution in [0.1, 0.15) is 44.6 Å². The molecule has 0 aliphatic carbocycles. The van der Waals surface area contributed by atoms with E-state index in [0.717, 1.165) is 17.8 Å². The first-order valence-corrected chi connectivity index (χ1v) is 6.77. The first-order valence-electron chi connectivity index (χ1n) is 5.89. The summed E-state index contributed by atoms with van der Waals surface area (Å²) < 4.78 is 0. The molecule has 0 fully saturated rings. The van der Waals surface area contributed by atoms with Gasteiger partial charge in [0.25, 0.3) is 0 Å². The van der Waals surface area contributed by atoms with Gasteiger partial charge in [0, 0.05) is 4.91 Å². The minimum atomic E-state index is 0.982. The highest BCUT2D eigenvalue weighted by Crippen LogP contribution is 2.30. The summed E-state index contributed by atoms with van der Waals surface area (Å²) in [5.74, 6) is 0. The number of thioether (sulfide) groups is 1. The summed E-state index contributed by atoms with van der Waals surface area (Å²) in [5.41, 5.74) is 4.55. The fraction of sp³-hybridized carbons (Fsp3) is 0.429. The van der Waals surface area contributed by atoms with Gasteiger partial charge in [-0.25, -0.2) is 0 Å². The summed E-state index contributed by atoms with van der Waals surface area (Å²) in [6, 6.07) is 2.15. The Morgan fingerprint density at radius 1 is 1.35 bits per heavy atom. The van der Waals surface area contributed by atoms with E-state index in [2.05, 4.69) is 42.4 Å². The quantitative estimate of drug-likeness (QED) is 0.791. The van der Waals surface area contributed by atoms with Crippen molar-refractivity contribution in [2.75, 3.05) is 0 Å². The summed E-state index contributed by atoms with van der Waals surface area (Å²) in [6.45, 7) is 10.4. The van der Waals surface area contributed by atoms with Crippen LogP contribution in [0.25, 0.3) is 4.91 Å². The normalized spacial score (nSPS) is 10.9. The molecule has 0 spiro atoms. The van der Waals surface area contributed by atoms with E-state index < -0.39 is 0 Å². The molecule has 0 aliphatic heterocycles. The molecule has 0 saturated carbocycles. The molecule has 0 aliphatic rings. The molecule has 0 aromatic carbocycles. The van der Waals surface area contributed by atoms with E-state index in [1.165, 1.54) is 16.0 Å². The van der Waals surface area contributed by atoms with Crippen molar-refractivity contribution < 1.29 is 0 Å². The van der Waals surface area contributed by atoms with Crippen molar-refractivity contribution in [2.45, 2.75) is 41.0 Å². The highest BCUT2D eigenvalue weighted by molar-refractivity contribution is 8.10. The minimum absolute atomic E-state index is 0.982. The van der Waals surface area contributed by atoms with Crippen LogP contribution in [0, 0.1) is 6.92 Å². The van der Waals surface area contributed by atoms with Crippen LogP contribution in [0.2, 0.25) is 0 Å². The summed E-state index contributed by atoms with van der Waals surface area (Å²) in [4.78, 5) is 1.20. The molecule has 0 atom stereocenters. The summed E-state index contributed by atoms with van der Waals surface area (Å²) in [5, 5.41) is 10.6. The first-order chi connectivity index (χ1) is 8.10. The molecule has 2 nitrogen and oxygen atoms in total. The van der Waals surface area contributed by atoms with E-state index in [1.807, 2.05) is 19.9 Å². The maximum atomic E-state index is 4.30. The zero-order chi connectivity index (χ0) is 12.8. The van der Waals surface area contributed by atoms with Gasteiger partial charge in [0.15, 0.2) is 0 Å². The Kier molecular flexibility index (Phi) is 5.42. The van der Waals surface area contributed by atoms with E-state index in [0.29, 0.717) is 0 Å². The highest BCUT2D eigenvalue weighted by atomic mass is 32.2. The van der Waals surface area contributed by atoms with Gasteiger partial charge in [0.2, 0.25) is 0 Å². The molecule has 0 unspecified atom stereocenters. The lowest BCUT2D eigenvalue weighted by Crippen LogP contribution is -1.98. The van der Waals surface area contributed by atoms with Gasteiger partial charge in [0.05, 0.1) is 11.4 Å². The molecule has 92 valence electrons. The van der Waals surface area contributed by atoms with Crippen molar-refractivity contribution in [3.63, 3.8) is 0 Å². The number of allylic oxidation sites excluding steroid dienone is 2. The largest absolute Gasteiger partial charge is 0.155 e. The molecule has 0 saturated heterocycles. The predicted octanol–water partition coefficient (Wildman–Crippen LogP) is 4.37. The van der Waals surface area contributed by atoms with Crippen LogP contribution in [0.4, 0.5) is 0 Å². The number of rotatable bonds is 4. The standard InChI is InChI=1S/C14H20N2S/c1-6-8-17-14(10(3)4)13-9-12(7-2)11(5)15-16-13/h6,8-9H,7H2,1-5H3/b8-6-. The van der Waals surface area contributed by atoms with E-state index in [-0.39, 0.29) is 0 Å². The van der Waals surface area contributed by atoms with Crippen molar-refractivity contribution in [3.05, 3.63) is 40.1 Å². The van der Waals surface area contributed by atoms with E-state index >= 15 is 0 Å². The Bertz CT molecular complexity index is 444. The zero-order valence-corrected chi connectivity index (χ0v) is 12.1. The lowest BCUT2D eigenvalue weighted by atomic mass is 10.1. The van der Waals surface area contributed by atoms with E-state index in [1.54, 1.807) is 11.8 Å². The number of nitrogens with zero attached hydrogens (tertiary/aromatic N) is 2. The van der Waals surface area contributed by atoms with E-state index in [9.17, 15) is 0 Å². The van der Waals surface area contributed by atoms with Gasteiger partial charge >= 0.3 is 0 Å². The number of hydrogen-bond donors (Lipinski definition) is 0. The highest BCUT2D eigenvalue weighted by Gasteiger charge is 2.08. The molecule has 0 amide bonds.